The predicted octanol–water partition coefficient (Wildman–Crippen LogP) is 2.67. The smallest absolute Gasteiger partial charge is 0.0109 e. The highest BCUT2D eigenvalue weighted by molar-refractivity contribution is 4.85. The molecule has 0 amide bonds. The van der Waals surface area contributed by atoms with Crippen LogP contribution < -0.4 is 5.32 Å². The zero-order valence-corrected chi connectivity index (χ0v) is 14.5. The molecule has 0 spiro atoms. The molecule has 0 aliphatic heterocycles. The first-order valence-electron chi connectivity index (χ1n) is 8.67. The van der Waals surface area contributed by atoms with Crippen LogP contribution in [0.15, 0.2) is 0 Å². The minimum atomic E-state index is 0.745. The summed E-state index contributed by atoms with van der Waals surface area (Å²) in [5, 5.41) is 3.73. The van der Waals surface area contributed by atoms with Crippen LogP contribution >= 0.6 is 0 Å². The Bertz CT molecular complexity index is 242. The molecule has 1 rings (SSSR count). The van der Waals surface area contributed by atoms with Gasteiger partial charge < -0.3 is 15.1 Å². The Hall–Kier alpha value is -0.120. The van der Waals surface area contributed by atoms with Crippen LogP contribution in [0.3, 0.4) is 0 Å². The van der Waals surface area contributed by atoms with Gasteiger partial charge in [0.2, 0.25) is 0 Å². The second kappa shape index (κ2) is 9.75. The third-order valence-electron chi connectivity index (χ3n) is 4.61. The van der Waals surface area contributed by atoms with Crippen molar-refractivity contribution < 1.29 is 0 Å². The summed E-state index contributed by atoms with van der Waals surface area (Å²) in [6.07, 6.45) is 5.44. The molecule has 0 radical (unpaired) electrons. The number of nitrogens with one attached hydrogen (secondary N) is 1. The minimum Gasteiger partial charge on any atom is -0.314 e. The van der Waals surface area contributed by atoms with Gasteiger partial charge in [0.05, 0.1) is 0 Å². The molecule has 0 aromatic carbocycles. The Kier molecular flexibility index (Phi) is 8.74. The molecule has 1 aliphatic carbocycles. The molecule has 1 N–H and O–H groups in total. The topological polar surface area (TPSA) is 18.5 Å². The van der Waals surface area contributed by atoms with E-state index < -0.39 is 0 Å². The number of likely N-dealkylation sites (N-methyl/N-ethyl adjacent to an activating group) is 1. The van der Waals surface area contributed by atoms with Gasteiger partial charge in [-0.25, -0.2) is 0 Å². The maximum Gasteiger partial charge on any atom is 0.0109 e. The highest BCUT2D eigenvalue weighted by Crippen LogP contribution is 2.29. The number of nitrogens with zero attached hydrogens (tertiary/aromatic N) is 2. The highest BCUT2D eigenvalue weighted by Gasteiger charge is 2.29. The lowest BCUT2D eigenvalue weighted by Gasteiger charge is -2.38. The first kappa shape index (κ1) is 17.9. The van der Waals surface area contributed by atoms with E-state index >= 15 is 0 Å². The Labute approximate surface area is 127 Å². The van der Waals surface area contributed by atoms with E-state index in [1.807, 2.05) is 0 Å². The molecule has 0 bridgehead atoms. The molecular formula is C17H37N3. The first-order chi connectivity index (χ1) is 9.56. The van der Waals surface area contributed by atoms with Crippen LogP contribution in [0.25, 0.3) is 0 Å². The van der Waals surface area contributed by atoms with Gasteiger partial charge >= 0.3 is 0 Å². The van der Waals surface area contributed by atoms with Crippen molar-refractivity contribution in [3.8, 4) is 0 Å². The molecule has 3 unspecified atom stereocenters. The second-order valence-electron chi connectivity index (χ2n) is 6.95. The molecule has 3 heteroatoms. The molecule has 0 heterocycles. The number of hydrogen-bond acceptors (Lipinski definition) is 3. The normalized spacial score (nSPS) is 27.4. The first-order valence-corrected chi connectivity index (χ1v) is 8.67. The monoisotopic (exact) mass is 283 g/mol. The van der Waals surface area contributed by atoms with Crippen molar-refractivity contribution in [1.82, 2.24) is 15.1 Å². The van der Waals surface area contributed by atoms with Gasteiger partial charge in [0.15, 0.2) is 0 Å². The summed E-state index contributed by atoms with van der Waals surface area (Å²) in [7, 11) is 4.35. The van der Waals surface area contributed by atoms with Crippen LogP contribution in [-0.4, -0.2) is 62.7 Å². The third-order valence-corrected chi connectivity index (χ3v) is 4.61. The summed E-state index contributed by atoms with van der Waals surface area (Å²) in [5.41, 5.74) is 0. The largest absolute Gasteiger partial charge is 0.314 e. The Morgan fingerprint density at radius 3 is 2.40 bits per heavy atom. The van der Waals surface area contributed by atoms with Gasteiger partial charge in [0, 0.05) is 25.7 Å². The lowest BCUT2D eigenvalue weighted by molar-refractivity contribution is 0.139. The fraction of sp³-hybridized carbons (Fsp3) is 1.00. The molecule has 1 aliphatic rings. The molecular weight excluding hydrogens is 246 g/mol. The number of rotatable bonds is 9. The zero-order chi connectivity index (χ0) is 15.0. The summed E-state index contributed by atoms with van der Waals surface area (Å²) >= 11 is 0. The Morgan fingerprint density at radius 1 is 1.05 bits per heavy atom. The Morgan fingerprint density at radius 2 is 1.80 bits per heavy atom. The second-order valence-corrected chi connectivity index (χ2v) is 6.95. The van der Waals surface area contributed by atoms with Crippen LogP contribution in [0.4, 0.5) is 0 Å². The highest BCUT2D eigenvalue weighted by atomic mass is 15.2. The van der Waals surface area contributed by atoms with Gasteiger partial charge in [-0.05, 0) is 64.7 Å². The summed E-state index contributed by atoms with van der Waals surface area (Å²) in [5.74, 6) is 1.75. The third kappa shape index (κ3) is 6.55. The quantitative estimate of drug-likeness (QED) is 0.702. The maximum absolute atomic E-state index is 3.73. The van der Waals surface area contributed by atoms with Crippen LogP contribution in [-0.2, 0) is 0 Å². The molecule has 0 aromatic rings. The lowest BCUT2D eigenvalue weighted by Crippen LogP contribution is -2.46. The molecule has 1 fully saturated rings. The van der Waals surface area contributed by atoms with Crippen molar-refractivity contribution in [3.63, 3.8) is 0 Å². The van der Waals surface area contributed by atoms with Gasteiger partial charge in [-0.15, -0.1) is 0 Å². The van der Waals surface area contributed by atoms with E-state index in [1.54, 1.807) is 0 Å². The maximum atomic E-state index is 3.73. The summed E-state index contributed by atoms with van der Waals surface area (Å²) in [6.45, 7) is 13.0. The van der Waals surface area contributed by atoms with E-state index in [4.69, 9.17) is 0 Å². The summed E-state index contributed by atoms with van der Waals surface area (Å²) in [6, 6.07) is 0.745. The van der Waals surface area contributed by atoms with Crippen molar-refractivity contribution >= 4 is 0 Å². The standard InChI is InChI=1S/C17H37N3/c1-6-10-20(12-11-19(4)5)14-16-13-15(3)8-9-17(16)18-7-2/h15-18H,6-14H2,1-5H3. The van der Waals surface area contributed by atoms with E-state index in [0.717, 1.165) is 24.4 Å². The molecule has 3 nitrogen and oxygen atoms in total. The van der Waals surface area contributed by atoms with Crippen molar-refractivity contribution in [2.75, 3.05) is 46.8 Å². The zero-order valence-electron chi connectivity index (χ0n) is 14.5. The van der Waals surface area contributed by atoms with E-state index in [2.05, 4.69) is 50.0 Å². The van der Waals surface area contributed by atoms with Crippen LogP contribution in [0, 0.1) is 11.8 Å². The SMILES string of the molecule is CCCN(CCN(C)C)CC1CC(C)CCC1NCC. The summed E-state index contributed by atoms with van der Waals surface area (Å²) < 4.78 is 0. The van der Waals surface area contributed by atoms with Crippen molar-refractivity contribution in [3.05, 3.63) is 0 Å². The molecule has 20 heavy (non-hydrogen) atoms. The fourth-order valence-electron chi connectivity index (χ4n) is 3.52. The van der Waals surface area contributed by atoms with Crippen LogP contribution in [0.2, 0.25) is 0 Å². The van der Waals surface area contributed by atoms with Crippen molar-refractivity contribution in [2.24, 2.45) is 11.8 Å². The van der Waals surface area contributed by atoms with E-state index in [-0.39, 0.29) is 0 Å². The van der Waals surface area contributed by atoms with E-state index in [1.165, 1.54) is 51.9 Å². The average Bonchev–Trinajstić information content (AvgIpc) is 2.39. The Balaban J connectivity index is 2.52. The fourth-order valence-corrected chi connectivity index (χ4v) is 3.52. The van der Waals surface area contributed by atoms with Crippen molar-refractivity contribution in [2.45, 2.75) is 52.5 Å². The van der Waals surface area contributed by atoms with Crippen LogP contribution in [0.5, 0.6) is 0 Å². The van der Waals surface area contributed by atoms with Gasteiger partial charge in [-0.1, -0.05) is 20.8 Å². The van der Waals surface area contributed by atoms with Gasteiger partial charge in [0.1, 0.15) is 0 Å². The van der Waals surface area contributed by atoms with Gasteiger partial charge in [-0.2, -0.15) is 0 Å². The van der Waals surface area contributed by atoms with Gasteiger partial charge in [-0.3, -0.25) is 0 Å². The van der Waals surface area contributed by atoms with E-state index in [9.17, 15) is 0 Å². The molecule has 0 aromatic heterocycles. The molecule has 0 saturated heterocycles. The lowest BCUT2D eigenvalue weighted by atomic mass is 9.78. The molecule has 120 valence electrons. The van der Waals surface area contributed by atoms with Crippen LogP contribution in [0.1, 0.15) is 46.5 Å². The molecule has 1 saturated carbocycles. The van der Waals surface area contributed by atoms with Gasteiger partial charge in [0.25, 0.3) is 0 Å². The minimum absolute atomic E-state index is 0.745. The number of hydrogen-bond donors (Lipinski definition) is 1. The molecule has 3 atom stereocenters. The van der Waals surface area contributed by atoms with Crippen molar-refractivity contribution in [1.29, 1.82) is 0 Å². The van der Waals surface area contributed by atoms with E-state index in [0.29, 0.717) is 0 Å². The average molecular weight is 284 g/mol. The predicted molar refractivity (Wildman–Crippen MR) is 89.3 cm³/mol. The summed E-state index contributed by atoms with van der Waals surface area (Å²) in [4.78, 5) is 4.99.